The zero-order chi connectivity index (χ0) is 14.6. The molecule has 1 amide bonds. The summed E-state index contributed by atoms with van der Waals surface area (Å²) in [4.78, 5) is 25.5. The molecule has 1 heterocycles. The van der Waals surface area contributed by atoms with Gasteiger partial charge in [-0.15, -0.1) is 0 Å². The summed E-state index contributed by atoms with van der Waals surface area (Å²) in [7, 11) is 0. The van der Waals surface area contributed by atoms with Gasteiger partial charge in [-0.2, -0.15) is 0 Å². The van der Waals surface area contributed by atoms with Gasteiger partial charge in [0.05, 0.1) is 6.61 Å². The third-order valence-corrected chi connectivity index (χ3v) is 2.69. The second kappa shape index (κ2) is 6.23. The Morgan fingerprint density at radius 3 is 2.53 bits per heavy atom. The number of nitrogens with one attached hydrogen (secondary N) is 1. The summed E-state index contributed by atoms with van der Waals surface area (Å²) in [6, 6.07) is -0.496. The van der Waals surface area contributed by atoms with E-state index in [2.05, 4.69) is 5.32 Å². The summed E-state index contributed by atoms with van der Waals surface area (Å²) in [6.07, 6.45) is -0.473. The van der Waals surface area contributed by atoms with Crippen molar-refractivity contribution in [2.45, 2.75) is 52.3 Å². The first-order chi connectivity index (χ1) is 8.74. The highest BCUT2D eigenvalue weighted by atomic mass is 16.6. The molecule has 0 bridgehead atoms. The van der Waals surface area contributed by atoms with Crippen molar-refractivity contribution in [2.75, 3.05) is 19.7 Å². The Hall–Kier alpha value is -1.30. The lowest BCUT2D eigenvalue weighted by Gasteiger charge is -2.38. The fraction of sp³-hybridized carbons (Fsp3) is 0.846. The summed E-state index contributed by atoms with van der Waals surface area (Å²) in [6.45, 7) is 10.2. The average Bonchev–Trinajstić information content (AvgIpc) is 2.26. The van der Waals surface area contributed by atoms with Gasteiger partial charge in [0.2, 0.25) is 0 Å². The summed E-state index contributed by atoms with van der Waals surface area (Å²) in [5, 5.41) is 3.17. The quantitative estimate of drug-likeness (QED) is 0.764. The molecule has 0 aromatic carbocycles. The molecule has 1 fully saturated rings. The fourth-order valence-electron chi connectivity index (χ4n) is 1.88. The Morgan fingerprint density at radius 1 is 1.37 bits per heavy atom. The molecule has 0 aromatic rings. The number of esters is 1. The van der Waals surface area contributed by atoms with E-state index in [1.807, 2.05) is 6.92 Å². The summed E-state index contributed by atoms with van der Waals surface area (Å²) < 4.78 is 10.3. The second-order valence-electron chi connectivity index (χ2n) is 5.71. The van der Waals surface area contributed by atoms with Gasteiger partial charge in [0.25, 0.3) is 0 Å². The Morgan fingerprint density at radius 2 is 2.00 bits per heavy atom. The van der Waals surface area contributed by atoms with Gasteiger partial charge >= 0.3 is 12.1 Å². The monoisotopic (exact) mass is 272 g/mol. The third kappa shape index (κ3) is 4.70. The van der Waals surface area contributed by atoms with Gasteiger partial charge in [-0.1, -0.05) is 0 Å². The highest BCUT2D eigenvalue weighted by Crippen LogP contribution is 2.15. The van der Waals surface area contributed by atoms with Crippen LogP contribution in [0.15, 0.2) is 0 Å². The average molecular weight is 272 g/mol. The number of hydrogen-bond donors (Lipinski definition) is 1. The molecule has 2 atom stereocenters. The molecule has 1 aliphatic rings. The Bertz CT molecular complexity index is 338. The van der Waals surface area contributed by atoms with Crippen LogP contribution in [0.1, 0.15) is 34.6 Å². The van der Waals surface area contributed by atoms with Crippen LogP contribution in [0.2, 0.25) is 0 Å². The maximum absolute atomic E-state index is 12.1. The van der Waals surface area contributed by atoms with Crippen LogP contribution in [-0.2, 0) is 14.3 Å². The maximum Gasteiger partial charge on any atom is 0.411 e. The van der Waals surface area contributed by atoms with Gasteiger partial charge in [0, 0.05) is 19.1 Å². The second-order valence-corrected chi connectivity index (χ2v) is 5.71. The third-order valence-electron chi connectivity index (χ3n) is 2.69. The summed E-state index contributed by atoms with van der Waals surface area (Å²) >= 11 is 0. The van der Waals surface area contributed by atoms with E-state index in [1.165, 1.54) is 4.90 Å². The molecular weight excluding hydrogens is 248 g/mol. The van der Waals surface area contributed by atoms with E-state index in [1.54, 1.807) is 27.7 Å². The molecule has 110 valence electrons. The molecule has 0 radical (unpaired) electrons. The minimum atomic E-state index is -0.619. The molecule has 1 saturated heterocycles. The van der Waals surface area contributed by atoms with Crippen LogP contribution in [-0.4, -0.2) is 54.3 Å². The Balaban J connectivity index is 2.78. The van der Waals surface area contributed by atoms with Crippen LogP contribution in [0.25, 0.3) is 0 Å². The van der Waals surface area contributed by atoms with E-state index < -0.39 is 23.7 Å². The Kier molecular flexibility index (Phi) is 5.17. The van der Waals surface area contributed by atoms with Gasteiger partial charge in [0.1, 0.15) is 11.6 Å². The molecule has 2 unspecified atom stereocenters. The number of ether oxygens (including phenoxy) is 2. The van der Waals surface area contributed by atoms with Crippen molar-refractivity contribution >= 4 is 12.1 Å². The molecule has 1 N–H and O–H groups in total. The van der Waals surface area contributed by atoms with Gasteiger partial charge in [-0.05, 0) is 34.6 Å². The summed E-state index contributed by atoms with van der Waals surface area (Å²) in [5.41, 5.74) is -0.579. The van der Waals surface area contributed by atoms with Crippen LogP contribution in [0, 0.1) is 0 Å². The molecule has 6 nitrogen and oxygen atoms in total. The molecule has 0 saturated carbocycles. The van der Waals surface area contributed by atoms with E-state index in [9.17, 15) is 9.59 Å². The van der Waals surface area contributed by atoms with E-state index in [0.717, 1.165) is 0 Å². The number of carbonyl (C=O) groups excluding carboxylic acids is 2. The zero-order valence-corrected chi connectivity index (χ0v) is 12.4. The van der Waals surface area contributed by atoms with E-state index in [4.69, 9.17) is 9.47 Å². The largest absolute Gasteiger partial charge is 0.464 e. The van der Waals surface area contributed by atoms with E-state index in [-0.39, 0.29) is 6.04 Å². The number of carbonyl (C=O) groups is 2. The topological polar surface area (TPSA) is 67.9 Å². The number of rotatable bonds is 2. The SMILES string of the molecule is CCOC(=O)C1CNC(C)CN1C(=O)OC(C)(C)C. The maximum atomic E-state index is 12.1. The molecule has 6 heteroatoms. The number of nitrogens with zero attached hydrogens (tertiary/aromatic N) is 1. The van der Waals surface area contributed by atoms with Crippen molar-refractivity contribution in [3.05, 3.63) is 0 Å². The lowest BCUT2D eigenvalue weighted by atomic mass is 10.1. The summed E-state index contributed by atoms with van der Waals surface area (Å²) in [5.74, 6) is -0.396. The van der Waals surface area contributed by atoms with Crippen molar-refractivity contribution in [1.29, 1.82) is 0 Å². The minimum absolute atomic E-state index is 0.123. The van der Waals surface area contributed by atoms with Gasteiger partial charge in [-0.3, -0.25) is 4.90 Å². The normalized spacial score (nSPS) is 23.9. The molecule has 1 rings (SSSR count). The van der Waals surface area contributed by atoms with Gasteiger partial charge in [-0.25, -0.2) is 9.59 Å². The number of hydrogen-bond acceptors (Lipinski definition) is 5. The highest BCUT2D eigenvalue weighted by Gasteiger charge is 2.37. The molecule has 0 spiro atoms. The standard InChI is InChI=1S/C13H24N2O4/c1-6-18-11(16)10-7-14-9(2)8-15(10)12(17)19-13(3,4)5/h9-10,14H,6-8H2,1-5H3. The molecular formula is C13H24N2O4. The lowest BCUT2D eigenvalue weighted by molar-refractivity contribution is -0.150. The van der Waals surface area contributed by atoms with Gasteiger partial charge < -0.3 is 14.8 Å². The van der Waals surface area contributed by atoms with Crippen molar-refractivity contribution in [3.8, 4) is 0 Å². The van der Waals surface area contributed by atoms with Crippen LogP contribution < -0.4 is 5.32 Å². The van der Waals surface area contributed by atoms with Crippen LogP contribution in [0.3, 0.4) is 0 Å². The van der Waals surface area contributed by atoms with Crippen LogP contribution >= 0.6 is 0 Å². The zero-order valence-electron chi connectivity index (χ0n) is 12.4. The van der Waals surface area contributed by atoms with E-state index in [0.29, 0.717) is 19.7 Å². The first kappa shape index (κ1) is 15.8. The van der Waals surface area contributed by atoms with Crippen LogP contribution in [0.4, 0.5) is 4.79 Å². The number of piperazine rings is 1. The minimum Gasteiger partial charge on any atom is -0.464 e. The predicted octanol–water partition coefficient (Wildman–Crippen LogP) is 1.15. The first-order valence-electron chi connectivity index (χ1n) is 6.64. The van der Waals surface area contributed by atoms with Crippen molar-refractivity contribution in [1.82, 2.24) is 10.2 Å². The van der Waals surface area contributed by atoms with Crippen molar-refractivity contribution < 1.29 is 19.1 Å². The van der Waals surface area contributed by atoms with Crippen molar-refractivity contribution in [2.24, 2.45) is 0 Å². The molecule has 19 heavy (non-hydrogen) atoms. The van der Waals surface area contributed by atoms with Crippen LogP contribution in [0.5, 0.6) is 0 Å². The Labute approximate surface area is 114 Å². The van der Waals surface area contributed by atoms with Gasteiger partial charge in [0.15, 0.2) is 0 Å². The fourth-order valence-corrected chi connectivity index (χ4v) is 1.88. The number of amides is 1. The molecule has 1 aliphatic heterocycles. The smallest absolute Gasteiger partial charge is 0.411 e. The predicted molar refractivity (Wildman–Crippen MR) is 70.8 cm³/mol. The van der Waals surface area contributed by atoms with E-state index >= 15 is 0 Å². The lowest BCUT2D eigenvalue weighted by Crippen LogP contribution is -2.61. The molecule has 0 aromatic heterocycles. The molecule has 0 aliphatic carbocycles. The van der Waals surface area contributed by atoms with Crippen molar-refractivity contribution in [3.63, 3.8) is 0 Å². The first-order valence-corrected chi connectivity index (χ1v) is 6.64. The highest BCUT2D eigenvalue weighted by molar-refractivity contribution is 5.82.